The number of rotatable bonds is 7. The van der Waals surface area contributed by atoms with Crippen LogP contribution in [0.1, 0.15) is 6.92 Å². The zero-order valence-electron chi connectivity index (χ0n) is 10.3. The van der Waals surface area contributed by atoms with Gasteiger partial charge >= 0.3 is 0 Å². The molecule has 0 spiro atoms. The van der Waals surface area contributed by atoms with Crippen LogP contribution in [-0.4, -0.2) is 64.9 Å². The van der Waals surface area contributed by atoms with Crippen molar-refractivity contribution in [2.24, 2.45) is 4.99 Å². The van der Waals surface area contributed by atoms with Gasteiger partial charge in [0, 0.05) is 33.8 Å². The van der Waals surface area contributed by atoms with E-state index in [4.69, 9.17) is 4.74 Å². The van der Waals surface area contributed by atoms with E-state index in [2.05, 4.69) is 34.5 Å². The average molecular weight is 216 g/mol. The maximum atomic E-state index is 4.94. The number of nitrogens with one attached hydrogen (secondary N) is 2. The molecule has 0 radical (unpaired) electrons. The lowest BCUT2D eigenvalue weighted by molar-refractivity contribution is 0.203. The lowest BCUT2D eigenvalue weighted by atomic mass is 10.5. The first-order chi connectivity index (χ1) is 7.24. The normalized spacial score (nSPS) is 11.9. The minimum atomic E-state index is 0.690. The van der Waals surface area contributed by atoms with Crippen molar-refractivity contribution in [3.8, 4) is 0 Å². The summed E-state index contributed by atoms with van der Waals surface area (Å²) in [7, 11) is 5.56. The van der Waals surface area contributed by atoms with E-state index in [9.17, 15) is 0 Å². The van der Waals surface area contributed by atoms with Crippen molar-refractivity contribution in [1.82, 2.24) is 15.5 Å². The standard InChI is InChI=1S/C10H24N4O/c1-5-14(3)8-6-12-10(11-2)13-7-9-15-4/h5-9H2,1-4H3,(H2,11,12,13). The number of nitrogens with zero attached hydrogens (tertiary/aromatic N) is 2. The van der Waals surface area contributed by atoms with Crippen LogP contribution >= 0.6 is 0 Å². The number of ether oxygens (including phenoxy) is 1. The highest BCUT2D eigenvalue weighted by Gasteiger charge is 1.97. The second kappa shape index (κ2) is 9.73. The molecule has 90 valence electrons. The van der Waals surface area contributed by atoms with Crippen molar-refractivity contribution >= 4 is 5.96 Å². The predicted molar refractivity (Wildman–Crippen MR) is 64.4 cm³/mol. The minimum absolute atomic E-state index is 0.690. The van der Waals surface area contributed by atoms with Crippen molar-refractivity contribution in [3.63, 3.8) is 0 Å². The lowest BCUT2D eigenvalue weighted by Gasteiger charge is -2.16. The fourth-order valence-electron chi connectivity index (χ4n) is 1.02. The molecule has 0 atom stereocenters. The van der Waals surface area contributed by atoms with Gasteiger partial charge in [0.05, 0.1) is 6.61 Å². The first-order valence-electron chi connectivity index (χ1n) is 5.36. The molecule has 0 aromatic heterocycles. The molecule has 0 rings (SSSR count). The molecule has 0 bridgehead atoms. The molecule has 0 saturated heterocycles. The molecule has 2 N–H and O–H groups in total. The van der Waals surface area contributed by atoms with Gasteiger partial charge in [-0.1, -0.05) is 6.92 Å². The van der Waals surface area contributed by atoms with Crippen LogP contribution in [0.25, 0.3) is 0 Å². The molecule has 5 heteroatoms. The molecular weight excluding hydrogens is 192 g/mol. The highest BCUT2D eigenvalue weighted by molar-refractivity contribution is 5.79. The summed E-state index contributed by atoms with van der Waals surface area (Å²) in [6.07, 6.45) is 0. The summed E-state index contributed by atoms with van der Waals surface area (Å²) in [5.41, 5.74) is 0. The van der Waals surface area contributed by atoms with Crippen LogP contribution in [0.3, 0.4) is 0 Å². The molecule has 0 aliphatic heterocycles. The van der Waals surface area contributed by atoms with Crippen LogP contribution < -0.4 is 10.6 Å². The third-order valence-corrected chi connectivity index (χ3v) is 2.15. The van der Waals surface area contributed by atoms with E-state index in [0.717, 1.165) is 32.1 Å². The van der Waals surface area contributed by atoms with E-state index in [-0.39, 0.29) is 0 Å². The van der Waals surface area contributed by atoms with Gasteiger partial charge < -0.3 is 20.3 Å². The van der Waals surface area contributed by atoms with E-state index in [1.807, 2.05) is 0 Å². The minimum Gasteiger partial charge on any atom is -0.383 e. The Labute approximate surface area is 92.9 Å². The summed E-state index contributed by atoms with van der Waals surface area (Å²) in [5, 5.41) is 6.39. The third-order valence-electron chi connectivity index (χ3n) is 2.15. The molecule has 0 unspecified atom stereocenters. The molecule has 0 aliphatic carbocycles. The molecule has 5 nitrogen and oxygen atoms in total. The van der Waals surface area contributed by atoms with E-state index in [1.165, 1.54) is 0 Å². The highest BCUT2D eigenvalue weighted by atomic mass is 16.5. The van der Waals surface area contributed by atoms with Crippen LogP contribution in [0.4, 0.5) is 0 Å². The van der Waals surface area contributed by atoms with E-state index in [1.54, 1.807) is 14.2 Å². The average Bonchev–Trinajstić information content (AvgIpc) is 2.26. The Balaban J connectivity index is 3.54. The fraction of sp³-hybridized carbons (Fsp3) is 0.900. The zero-order valence-corrected chi connectivity index (χ0v) is 10.3. The molecule has 0 aliphatic rings. The van der Waals surface area contributed by atoms with Gasteiger partial charge in [-0.05, 0) is 13.6 Å². The van der Waals surface area contributed by atoms with Crippen LogP contribution in [0.5, 0.6) is 0 Å². The third kappa shape index (κ3) is 8.20. The number of hydrogen-bond donors (Lipinski definition) is 2. The fourth-order valence-corrected chi connectivity index (χ4v) is 1.02. The van der Waals surface area contributed by atoms with Gasteiger partial charge in [0.25, 0.3) is 0 Å². The zero-order chi connectivity index (χ0) is 11.5. The van der Waals surface area contributed by atoms with E-state index < -0.39 is 0 Å². The highest BCUT2D eigenvalue weighted by Crippen LogP contribution is 1.78. The van der Waals surface area contributed by atoms with Gasteiger partial charge in [-0.15, -0.1) is 0 Å². The van der Waals surface area contributed by atoms with E-state index >= 15 is 0 Å². The summed E-state index contributed by atoms with van der Waals surface area (Å²) in [4.78, 5) is 6.35. The summed E-state index contributed by atoms with van der Waals surface area (Å²) in [5.74, 6) is 0.830. The second-order valence-electron chi connectivity index (χ2n) is 3.31. The summed E-state index contributed by atoms with van der Waals surface area (Å²) in [6.45, 7) is 6.59. The Bertz CT molecular complexity index is 173. The molecule has 15 heavy (non-hydrogen) atoms. The number of likely N-dealkylation sites (N-methyl/N-ethyl adjacent to an activating group) is 1. The van der Waals surface area contributed by atoms with Gasteiger partial charge in [0.1, 0.15) is 0 Å². The second-order valence-corrected chi connectivity index (χ2v) is 3.31. The van der Waals surface area contributed by atoms with Gasteiger partial charge in [0.2, 0.25) is 0 Å². The Morgan fingerprint density at radius 1 is 1.33 bits per heavy atom. The quantitative estimate of drug-likeness (QED) is 0.350. The number of methoxy groups -OCH3 is 1. The van der Waals surface area contributed by atoms with Gasteiger partial charge in [-0.3, -0.25) is 4.99 Å². The largest absolute Gasteiger partial charge is 0.383 e. The molecule has 0 heterocycles. The first-order valence-corrected chi connectivity index (χ1v) is 5.36. The topological polar surface area (TPSA) is 48.9 Å². The Morgan fingerprint density at radius 2 is 2.00 bits per heavy atom. The van der Waals surface area contributed by atoms with Gasteiger partial charge in [0.15, 0.2) is 5.96 Å². The molecule has 0 aromatic rings. The summed E-state index contributed by atoms with van der Waals surface area (Å²) >= 11 is 0. The number of guanidine groups is 1. The molecule has 0 amide bonds. The van der Waals surface area contributed by atoms with Gasteiger partial charge in [-0.2, -0.15) is 0 Å². The predicted octanol–water partition coefficient (Wildman–Crippen LogP) is -0.250. The maximum absolute atomic E-state index is 4.94. The Morgan fingerprint density at radius 3 is 2.53 bits per heavy atom. The van der Waals surface area contributed by atoms with Crippen molar-refractivity contribution in [3.05, 3.63) is 0 Å². The molecule has 0 fully saturated rings. The van der Waals surface area contributed by atoms with Crippen molar-refractivity contribution in [2.75, 3.05) is 54.0 Å². The van der Waals surface area contributed by atoms with Gasteiger partial charge in [-0.25, -0.2) is 0 Å². The SMILES string of the molecule is CCN(C)CCNC(=NC)NCCOC. The first kappa shape index (κ1) is 14.2. The molecular formula is C10H24N4O. The van der Waals surface area contributed by atoms with Crippen molar-refractivity contribution < 1.29 is 4.74 Å². The van der Waals surface area contributed by atoms with Crippen LogP contribution in [0.15, 0.2) is 4.99 Å². The van der Waals surface area contributed by atoms with Crippen molar-refractivity contribution in [2.45, 2.75) is 6.92 Å². The number of hydrogen-bond acceptors (Lipinski definition) is 3. The van der Waals surface area contributed by atoms with Crippen LogP contribution in [0, 0.1) is 0 Å². The van der Waals surface area contributed by atoms with Crippen molar-refractivity contribution in [1.29, 1.82) is 0 Å². The Kier molecular flexibility index (Phi) is 9.21. The molecule has 0 saturated carbocycles. The number of aliphatic imine (C=N–C) groups is 1. The van der Waals surface area contributed by atoms with E-state index in [0.29, 0.717) is 6.61 Å². The lowest BCUT2D eigenvalue weighted by Crippen LogP contribution is -2.41. The monoisotopic (exact) mass is 216 g/mol. The summed E-state index contributed by atoms with van der Waals surface area (Å²) < 4.78 is 4.94. The Hall–Kier alpha value is -0.810. The van der Waals surface area contributed by atoms with Crippen LogP contribution in [-0.2, 0) is 4.74 Å². The molecule has 0 aromatic carbocycles. The summed E-state index contributed by atoms with van der Waals surface area (Å²) in [6, 6.07) is 0. The maximum Gasteiger partial charge on any atom is 0.191 e. The van der Waals surface area contributed by atoms with Crippen LogP contribution in [0.2, 0.25) is 0 Å². The smallest absolute Gasteiger partial charge is 0.191 e.